The van der Waals surface area contributed by atoms with Crippen LogP contribution in [0.2, 0.25) is 0 Å². The first-order valence-electron chi connectivity index (χ1n) is 6.72. The monoisotopic (exact) mass is 328 g/mol. The van der Waals surface area contributed by atoms with Gasteiger partial charge in [0.15, 0.2) is 11.5 Å². The van der Waals surface area contributed by atoms with Crippen LogP contribution in [0.1, 0.15) is 51.3 Å². The van der Waals surface area contributed by atoms with E-state index in [9.17, 15) is 5.11 Å². The summed E-state index contributed by atoms with van der Waals surface area (Å²) in [4.78, 5) is 0. The summed E-state index contributed by atoms with van der Waals surface area (Å²) < 4.78 is 12.4. The van der Waals surface area contributed by atoms with E-state index < -0.39 is 6.10 Å². The Morgan fingerprint density at radius 1 is 1.32 bits per heavy atom. The van der Waals surface area contributed by atoms with Crippen LogP contribution in [0.3, 0.4) is 0 Å². The molecule has 1 aliphatic carbocycles. The lowest BCUT2D eigenvalue weighted by molar-refractivity contribution is 0.156. The van der Waals surface area contributed by atoms with Crippen molar-refractivity contribution in [1.82, 2.24) is 0 Å². The minimum absolute atomic E-state index is 0.0653. The molecule has 3 nitrogen and oxygen atoms in total. The number of aliphatic hydroxyl groups excluding tert-OH is 1. The van der Waals surface area contributed by atoms with Crippen molar-refractivity contribution in [2.45, 2.75) is 45.6 Å². The third-order valence-electron chi connectivity index (χ3n) is 3.54. The van der Waals surface area contributed by atoms with E-state index in [2.05, 4.69) is 29.8 Å². The topological polar surface area (TPSA) is 38.7 Å². The maximum absolute atomic E-state index is 10.4. The molecule has 0 spiro atoms. The third kappa shape index (κ3) is 2.48. The number of hydrogen-bond donors (Lipinski definition) is 1. The molecule has 0 fully saturated rings. The molecule has 0 saturated heterocycles. The molecular formula is C15H21BrO3. The molecule has 1 N–H and O–H groups in total. The lowest BCUT2D eigenvalue weighted by Crippen LogP contribution is -2.13. The number of aliphatic hydroxyl groups is 1. The van der Waals surface area contributed by atoms with Crippen molar-refractivity contribution in [3.8, 4) is 11.5 Å². The number of hydrogen-bond acceptors (Lipinski definition) is 3. The SMILES string of the molecule is CCOc1cc(Br)c2c(c1OCC)C(O)CC2(C)C. The Morgan fingerprint density at radius 2 is 1.95 bits per heavy atom. The molecule has 19 heavy (non-hydrogen) atoms. The molecule has 4 heteroatoms. The first-order valence-corrected chi connectivity index (χ1v) is 7.52. The van der Waals surface area contributed by atoms with Gasteiger partial charge in [0, 0.05) is 10.0 Å². The minimum atomic E-state index is -0.497. The summed E-state index contributed by atoms with van der Waals surface area (Å²) in [6.45, 7) is 9.30. The van der Waals surface area contributed by atoms with E-state index in [0.717, 1.165) is 15.6 Å². The molecular weight excluding hydrogens is 308 g/mol. The van der Waals surface area contributed by atoms with Crippen molar-refractivity contribution in [2.75, 3.05) is 13.2 Å². The summed E-state index contributed by atoms with van der Waals surface area (Å²) in [5.74, 6) is 1.40. The van der Waals surface area contributed by atoms with Gasteiger partial charge in [-0.25, -0.2) is 0 Å². The van der Waals surface area contributed by atoms with E-state index in [-0.39, 0.29) is 5.41 Å². The van der Waals surface area contributed by atoms with Crippen molar-refractivity contribution >= 4 is 15.9 Å². The lowest BCUT2D eigenvalue weighted by atomic mass is 9.86. The second kappa shape index (κ2) is 5.33. The number of ether oxygens (including phenoxy) is 2. The van der Waals surface area contributed by atoms with Gasteiger partial charge in [-0.2, -0.15) is 0 Å². The quantitative estimate of drug-likeness (QED) is 0.909. The molecule has 0 saturated carbocycles. The fourth-order valence-electron chi connectivity index (χ4n) is 2.88. The van der Waals surface area contributed by atoms with Crippen LogP contribution in [0.25, 0.3) is 0 Å². The number of rotatable bonds is 4. The predicted molar refractivity (Wildman–Crippen MR) is 79.1 cm³/mol. The van der Waals surface area contributed by atoms with Gasteiger partial charge < -0.3 is 14.6 Å². The molecule has 1 aromatic carbocycles. The van der Waals surface area contributed by atoms with Crippen molar-refractivity contribution in [1.29, 1.82) is 0 Å². The highest BCUT2D eigenvalue weighted by Crippen LogP contribution is 2.54. The summed E-state index contributed by atoms with van der Waals surface area (Å²) >= 11 is 3.61. The van der Waals surface area contributed by atoms with E-state index in [1.165, 1.54) is 0 Å². The van der Waals surface area contributed by atoms with Gasteiger partial charge in [-0.05, 0) is 37.3 Å². The number of benzene rings is 1. The number of fused-ring (bicyclic) bond motifs is 1. The van der Waals surface area contributed by atoms with Crippen molar-refractivity contribution in [3.05, 3.63) is 21.7 Å². The summed E-state index contributed by atoms with van der Waals surface area (Å²) in [6, 6.07) is 1.95. The first kappa shape index (κ1) is 14.7. The Labute approximate surface area is 123 Å². The molecule has 1 aromatic rings. The second-order valence-electron chi connectivity index (χ2n) is 5.44. The average Bonchev–Trinajstić information content (AvgIpc) is 2.55. The fraction of sp³-hybridized carbons (Fsp3) is 0.600. The van der Waals surface area contributed by atoms with Gasteiger partial charge in [-0.3, -0.25) is 0 Å². The molecule has 0 bridgehead atoms. The Balaban J connectivity index is 2.66. The van der Waals surface area contributed by atoms with Gasteiger partial charge in [0.2, 0.25) is 0 Å². The summed E-state index contributed by atoms with van der Waals surface area (Å²) in [5.41, 5.74) is 1.95. The van der Waals surface area contributed by atoms with E-state index in [1.807, 2.05) is 19.9 Å². The second-order valence-corrected chi connectivity index (χ2v) is 6.30. The van der Waals surface area contributed by atoms with Crippen LogP contribution in [0.5, 0.6) is 11.5 Å². The smallest absolute Gasteiger partial charge is 0.167 e. The molecule has 1 aliphatic rings. The van der Waals surface area contributed by atoms with Crippen molar-refractivity contribution < 1.29 is 14.6 Å². The number of halogens is 1. The highest BCUT2D eigenvalue weighted by molar-refractivity contribution is 9.10. The molecule has 0 aromatic heterocycles. The van der Waals surface area contributed by atoms with Crippen LogP contribution < -0.4 is 9.47 Å². The molecule has 1 unspecified atom stereocenters. The standard InChI is InChI=1S/C15H21BrO3/c1-5-18-11-7-9(16)13-12(14(11)19-6-2)10(17)8-15(13,3)4/h7,10,17H,5-6,8H2,1-4H3. The molecule has 0 aliphatic heterocycles. The zero-order valence-corrected chi connectivity index (χ0v) is 13.5. The van der Waals surface area contributed by atoms with Crippen LogP contribution in [-0.4, -0.2) is 18.3 Å². The molecule has 2 rings (SSSR count). The van der Waals surface area contributed by atoms with Gasteiger partial charge >= 0.3 is 0 Å². The van der Waals surface area contributed by atoms with Crippen LogP contribution in [-0.2, 0) is 5.41 Å². The Kier molecular flexibility index (Phi) is 4.11. The highest BCUT2D eigenvalue weighted by atomic mass is 79.9. The lowest BCUT2D eigenvalue weighted by Gasteiger charge is -2.22. The minimum Gasteiger partial charge on any atom is -0.490 e. The zero-order valence-electron chi connectivity index (χ0n) is 11.9. The Hall–Kier alpha value is -0.740. The highest BCUT2D eigenvalue weighted by Gasteiger charge is 2.41. The van der Waals surface area contributed by atoms with Gasteiger partial charge in [0.25, 0.3) is 0 Å². The Bertz CT molecular complexity index is 483. The molecule has 0 amide bonds. The maximum atomic E-state index is 10.4. The van der Waals surface area contributed by atoms with Crippen LogP contribution in [0.15, 0.2) is 10.5 Å². The average molecular weight is 329 g/mol. The summed E-state index contributed by atoms with van der Waals surface area (Å²) in [6.07, 6.45) is 0.208. The maximum Gasteiger partial charge on any atom is 0.167 e. The zero-order chi connectivity index (χ0) is 14.2. The van der Waals surface area contributed by atoms with E-state index >= 15 is 0 Å². The van der Waals surface area contributed by atoms with E-state index in [4.69, 9.17) is 9.47 Å². The fourth-order valence-corrected chi connectivity index (χ4v) is 3.84. The molecule has 0 radical (unpaired) electrons. The largest absolute Gasteiger partial charge is 0.490 e. The summed E-state index contributed by atoms with van der Waals surface area (Å²) in [7, 11) is 0. The first-order chi connectivity index (χ1) is 8.92. The summed E-state index contributed by atoms with van der Waals surface area (Å²) in [5, 5.41) is 10.4. The third-order valence-corrected chi connectivity index (χ3v) is 4.16. The van der Waals surface area contributed by atoms with E-state index in [1.54, 1.807) is 0 Å². The van der Waals surface area contributed by atoms with Gasteiger partial charge in [-0.1, -0.05) is 29.8 Å². The van der Waals surface area contributed by atoms with Crippen LogP contribution >= 0.6 is 15.9 Å². The van der Waals surface area contributed by atoms with Gasteiger partial charge in [0.05, 0.1) is 19.3 Å². The normalized spacial score (nSPS) is 20.2. The molecule has 106 valence electrons. The van der Waals surface area contributed by atoms with Crippen molar-refractivity contribution in [3.63, 3.8) is 0 Å². The van der Waals surface area contributed by atoms with Crippen molar-refractivity contribution in [2.24, 2.45) is 0 Å². The predicted octanol–water partition coefficient (Wildman–Crippen LogP) is 3.96. The van der Waals surface area contributed by atoms with Gasteiger partial charge in [-0.15, -0.1) is 0 Å². The van der Waals surface area contributed by atoms with Gasteiger partial charge in [0.1, 0.15) is 0 Å². The van der Waals surface area contributed by atoms with Crippen LogP contribution in [0, 0.1) is 0 Å². The van der Waals surface area contributed by atoms with Crippen LogP contribution in [0.4, 0.5) is 0 Å². The Morgan fingerprint density at radius 3 is 2.53 bits per heavy atom. The molecule has 0 heterocycles. The van der Waals surface area contributed by atoms with E-state index in [0.29, 0.717) is 31.1 Å². The molecule has 1 atom stereocenters.